The smallest absolute Gasteiger partial charge is 0.226 e. The van der Waals surface area contributed by atoms with Crippen molar-refractivity contribution in [2.45, 2.75) is 31.7 Å². The molecule has 0 unspecified atom stereocenters. The van der Waals surface area contributed by atoms with Crippen molar-refractivity contribution in [2.75, 3.05) is 13.1 Å². The SMILES string of the molecule is O=C(NCc1cccnc1)[C@H]1C[C@H]2CN(Cc3ccccc3)C[C@H]1O2. The van der Waals surface area contributed by atoms with Crippen LogP contribution in [0.4, 0.5) is 0 Å². The summed E-state index contributed by atoms with van der Waals surface area (Å²) in [4.78, 5) is 19.1. The van der Waals surface area contributed by atoms with Crippen LogP contribution in [0, 0.1) is 5.92 Å². The van der Waals surface area contributed by atoms with E-state index in [0.29, 0.717) is 6.54 Å². The first-order valence-electron chi connectivity index (χ1n) is 8.86. The number of hydrogen-bond acceptors (Lipinski definition) is 4. The highest BCUT2D eigenvalue weighted by Gasteiger charge is 2.44. The van der Waals surface area contributed by atoms with Gasteiger partial charge in [0, 0.05) is 38.6 Å². The van der Waals surface area contributed by atoms with Gasteiger partial charge in [-0.25, -0.2) is 0 Å². The molecule has 3 heterocycles. The second-order valence-corrected chi connectivity index (χ2v) is 6.90. The molecule has 2 aliphatic heterocycles. The average Bonchev–Trinajstić information content (AvgIpc) is 2.96. The normalized spacial score (nSPS) is 25.7. The van der Waals surface area contributed by atoms with Crippen LogP contribution in [-0.2, 0) is 22.6 Å². The van der Waals surface area contributed by atoms with E-state index in [-0.39, 0.29) is 24.0 Å². The van der Waals surface area contributed by atoms with Crippen molar-refractivity contribution in [3.63, 3.8) is 0 Å². The lowest BCUT2D eigenvalue weighted by atomic mass is 9.99. The highest BCUT2D eigenvalue weighted by molar-refractivity contribution is 5.79. The topological polar surface area (TPSA) is 54.5 Å². The van der Waals surface area contributed by atoms with Crippen LogP contribution in [0.25, 0.3) is 0 Å². The van der Waals surface area contributed by atoms with Crippen LogP contribution in [0.15, 0.2) is 54.9 Å². The summed E-state index contributed by atoms with van der Waals surface area (Å²) < 4.78 is 6.04. The summed E-state index contributed by atoms with van der Waals surface area (Å²) in [5.74, 6) is 0.0420. The zero-order valence-corrected chi connectivity index (χ0v) is 14.2. The van der Waals surface area contributed by atoms with Crippen LogP contribution in [0.1, 0.15) is 17.5 Å². The molecule has 0 radical (unpaired) electrons. The molecule has 2 bridgehead atoms. The minimum atomic E-state index is -0.0533. The van der Waals surface area contributed by atoms with Gasteiger partial charge in [0.05, 0.1) is 18.1 Å². The number of benzene rings is 1. The fourth-order valence-electron chi connectivity index (χ4n) is 3.81. The number of carbonyl (C=O) groups is 1. The van der Waals surface area contributed by atoms with Crippen molar-refractivity contribution in [1.29, 1.82) is 0 Å². The van der Waals surface area contributed by atoms with Crippen molar-refractivity contribution in [2.24, 2.45) is 5.92 Å². The Kier molecular flexibility index (Phi) is 4.76. The molecule has 5 heteroatoms. The number of carbonyl (C=O) groups excluding carboxylic acids is 1. The molecule has 4 rings (SSSR count). The Morgan fingerprint density at radius 2 is 2.00 bits per heavy atom. The molecule has 1 aromatic carbocycles. The largest absolute Gasteiger partial charge is 0.371 e. The van der Waals surface area contributed by atoms with Crippen molar-refractivity contribution < 1.29 is 9.53 Å². The van der Waals surface area contributed by atoms with Gasteiger partial charge in [-0.2, -0.15) is 0 Å². The van der Waals surface area contributed by atoms with Crippen LogP contribution in [0.5, 0.6) is 0 Å². The molecule has 0 spiro atoms. The van der Waals surface area contributed by atoms with E-state index in [1.807, 2.05) is 18.2 Å². The maximum absolute atomic E-state index is 12.6. The number of pyridine rings is 1. The number of ether oxygens (including phenoxy) is 1. The van der Waals surface area contributed by atoms with E-state index in [4.69, 9.17) is 4.74 Å². The summed E-state index contributed by atoms with van der Waals surface area (Å²) in [5, 5.41) is 3.04. The molecule has 2 aliphatic rings. The fourth-order valence-corrected chi connectivity index (χ4v) is 3.81. The molecular formula is C20H23N3O2. The zero-order valence-electron chi connectivity index (χ0n) is 14.2. The van der Waals surface area contributed by atoms with Gasteiger partial charge in [-0.15, -0.1) is 0 Å². The Morgan fingerprint density at radius 3 is 2.80 bits per heavy atom. The van der Waals surface area contributed by atoms with E-state index in [9.17, 15) is 4.79 Å². The summed E-state index contributed by atoms with van der Waals surface area (Å²) in [7, 11) is 0. The molecule has 1 amide bonds. The summed E-state index contributed by atoms with van der Waals surface area (Å²) in [6, 6.07) is 14.3. The maximum atomic E-state index is 12.6. The Labute approximate surface area is 148 Å². The van der Waals surface area contributed by atoms with Crippen molar-refractivity contribution >= 4 is 5.91 Å². The summed E-state index contributed by atoms with van der Waals surface area (Å²) in [6.07, 6.45) is 4.49. The number of nitrogens with one attached hydrogen (secondary N) is 1. The van der Waals surface area contributed by atoms with Gasteiger partial charge in [0.15, 0.2) is 0 Å². The first-order valence-corrected chi connectivity index (χ1v) is 8.86. The number of amides is 1. The molecule has 2 saturated heterocycles. The molecular weight excluding hydrogens is 314 g/mol. The third-order valence-electron chi connectivity index (χ3n) is 5.01. The molecule has 0 saturated carbocycles. The summed E-state index contributed by atoms with van der Waals surface area (Å²) in [5.41, 5.74) is 2.32. The molecule has 2 aromatic rings. The van der Waals surface area contributed by atoms with Gasteiger partial charge in [0.25, 0.3) is 0 Å². The second-order valence-electron chi connectivity index (χ2n) is 6.90. The highest BCUT2D eigenvalue weighted by Crippen LogP contribution is 2.32. The molecule has 130 valence electrons. The van der Waals surface area contributed by atoms with E-state index < -0.39 is 0 Å². The van der Waals surface area contributed by atoms with Crippen LogP contribution in [0.3, 0.4) is 0 Å². The standard InChI is InChI=1S/C20H23N3O2/c24-20(22-11-16-7-4-8-21-10-16)18-9-17-13-23(14-19(18)25-17)12-15-5-2-1-3-6-15/h1-8,10,17-19H,9,11-14H2,(H,22,24)/t17-,18-,19+/m0/s1. The van der Waals surface area contributed by atoms with Gasteiger partial charge < -0.3 is 10.1 Å². The summed E-state index contributed by atoms with van der Waals surface area (Å²) >= 11 is 0. The molecule has 2 fully saturated rings. The minimum Gasteiger partial charge on any atom is -0.371 e. The average molecular weight is 337 g/mol. The third kappa shape index (κ3) is 3.89. The number of rotatable bonds is 5. The Bertz CT molecular complexity index is 707. The van der Waals surface area contributed by atoms with Crippen molar-refractivity contribution in [1.82, 2.24) is 15.2 Å². The Balaban J connectivity index is 1.33. The minimum absolute atomic E-state index is 0.00337. The van der Waals surface area contributed by atoms with Gasteiger partial charge in [-0.1, -0.05) is 36.4 Å². The first kappa shape index (κ1) is 16.2. The van der Waals surface area contributed by atoms with Crippen molar-refractivity contribution in [3.8, 4) is 0 Å². The highest BCUT2D eigenvalue weighted by atomic mass is 16.5. The van der Waals surface area contributed by atoms with Crippen LogP contribution in [-0.4, -0.2) is 41.1 Å². The van der Waals surface area contributed by atoms with Crippen LogP contribution < -0.4 is 5.32 Å². The third-order valence-corrected chi connectivity index (χ3v) is 5.01. The summed E-state index contributed by atoms with van der Waals surface area (Å²) in [6.45, 7) is 3.16. The predicted octanol–water partition coefficient (Wildman–Crippen LogP) is 1.99. The van der Waals surface area contributed by atoms with Gasteiger partial charge in [-0.3, -0.25) is 14.7 Å². The van der Waals surface area contributed by atoms with Gasteiger partial charge >= 0.3 is 0 Å². The van der Waals surface area contributed by atoms with Crippen LogP contribution >= 0.6 is 0 Å². The van der Waals surface area contributed by atoms with Gasteiger partial charge in [-0.05, 0) is 23.6 Å². The number of morpholine rings is 1. The second kappa shape index (κ2) is 7.33. The number of likely N-dealkylation sites (tertiary alicyclic amines) is 1. The maximum Gasteiger partial charge on any atom is 0.226 e. The number of fused-ring (bicyclic) bond motifs is 2. The number of nitrogens with zero attached hydrogens (tertiary/aromatic N) is 2. The lowest BCUT2D eigenvalue weighted by molar-refractivity contribution is -0.128. The number of hydrogen-bond donors (Lipinski definition) is 1. The van der Waals surface area contributed by atoms with E-state index in [0.717, 1.165) is 31.6 Å². The lowest BCUT2D eigenvalue weighted by Crippen LogP contribution is -2.44. The van der Waals surface area contributed by atoms with Crippen molar-refractivity contribution in [3.05, 3.63) is 66.0 Å². The zero-order chi connectivity index (χ0) is 17.1. The van der Waals surface area contributed by atoms with Gasteiger partial charge in [0.1, 0.15) is 0 Å². The predicted molar refractivity (Wildman–Crippen MR) is 94.6 cm³/mol. The van der Waals surface area contributed by atoms with E-state index >= 15 is 0 Å². The van der Waals surface area contributed by atoms with Crippen LogP contribution in [0.2, 0.25) is 0 Å². The first-order chi connectivity index (χ1) is 12.3. The molecule has 0 aliphatic carbocycles. The molecule has 5 nitrogen and oxygen atoms in total. The lowest BCUT2D eigenvalue weighted by Gasteiger charge is -2.32. The molecule has 1 N–H and O–H groups in total. The van der Waals surface area contributed by atoms with E-state index in [1.165, 1.54) is 5.56 Å². The quantitative estimate of drug-likeness (QED) is 0.907. The van der Waals surface area contributed by atoms with E-state index in [1.54, 1.807) is 12.4 Å². The Morgan fingerprint density at radius 1 is 1.16 bits per heavy atom. The molecule has 3 atom stereocenters. The van der Waals surface area contributed by atoms with E-state index in [2.05, 4.69) is 39.5 Å². The molecule has 1 aromatic heterocycles. The number of aromatic nitrogens is 1. The molecule has 25 heavy (non-hydrogen) atoms. The van der Waals surface area contributed by atoms with Gasteiger partial charge in [0.2, 0.25) is 5.91 Å². The Hall–Kier alpha value is -2.24. The fraction of sp³-hybridized carbons (Fsp3) is 0.400. The monoisotopic (exact) mass is 337 g/mol.